The van der Waals surface area contributed by atoms with Gasteiger partial charge in [-0.1, -0.05) is 37.3 Å². The molecule has 3 nitrogen and oxygen atoms in total. The molecule has 0 aliphatic heterocycles. The monoisotopic (exact) mass is 318 g/mol. The van der Waals surface area contributed by atoms with Crippen LogP contribution >= 0.6 is 0 Å². The van der Waals surface area contributed by atoms with Crippen LogP contribution in [0.25, 0.3) is 0 Å². The molecule has 0 atom stereocenters. The second kappa shape index (κ2) is 12.6. The Balaban J connectivity index is 2.17. The molecular weight excluding hydrogens is 288 g/mol. The first-order chi connectivity index (χ1) is 11.3. The molecule has 0 aliphatic carbocycles. The molecule has 0 aliphatic rings. The normalized spacial score (nSPS) is 10.3. The lowest BCUT2D eigenvalue weighted by molar-refractivity contribution is 0.179. The first kappa shape index (κ1) is 19.1. The van der Waals surface area contributed by atoms with E-state index in [0.29, 0.717) is 5.92 Å². The molecule has 3 heteroatoms. The molecule has 1 aromatic rings. The largest absolute Gasteiger partial charge is 0.502 e. The summed E-state index contributed by atoms with van der Waals surface area (Å²) in [7, 11) is 0. The summed E-state index contributed by atoms with van der Waals surface area (Å²) in [5.41, 5.74) is 1.25. The molecule has 0 amide bonds. The fourth-order valence-corrected chi connectivity index (χ4v) is 2.43. The number of rotatable bonds is 14. The zero-order valence-corrected chi connectivity index (χ0v) is 14.3. The molecule has 1 aromatic carbocycles. The standard InChI is InChI=1S/C20H30O3/c1-4-21-16-13-19(14-17-22-5-2)8-6-7-15-23-20-11-9-18(3)10-12-20/h4-5,9-12,19H,1-2,6-8,13-17H2,3H3. The lowest BCUT2D eigenvalue weighted by Crippen LogP contribution is -2.08. The summed E-state index contributed by atoms with van der Waals surface area (Å²) in [6.07, 6.45) is 8.46. The Kier molecular flexibility index (Phi) is 10.5. The van der Waals surface area contributed by atoms with E-state index in [-0.39, 0.29) is 0 Å². The van der Waals surface area contributed by atoms with Crippen LogP contribution in [0.15, 0.2) is 49.9 Å². The van der Waals surface area contributed by atoms with Crippen molar-refractivity contribution < 1.29 is 14.2 Å². The Labute approximate surface area is 141 Å². The molecule has 0 heterocycles. The molecule has 0 radical (unpaired) electrons. The minimum absolute atomic E-state index is 0.606. The molecule has 0 saturated carbocycles. The maximum Gasteiger partial charge on any atom is 0.119 e. The number of hydrogen-bond donors (Lipinski definition) is 0. The molecule has 0 aromatic heterocycles. The molecule has 23 heavy (non-hydrogen) atoms. The second-order valence-electron chi connectivity index (χ2n) is 5.68. The van der Waals surface area contributed by atoms with Crippen molar-refractivity contribution in [3.8, 4) is 5.75 Å². The van der Waals surface area contributed by atoms with Gasteiger partial charge >= 0.3 is 0 Å². The van der Waals surface area contributed by atoms with Gasteiger partial charge in [-0.05, 0) is 50.7 Å². The van der Waals surface area contributed by atoms with E-state index in [4.69, 9.17) is 14.2 Å². The molecule has 1 rings (SSSR count). The minimum atomic E-state index is 0.606. The van der Waals surface area contributed by atoms with E-state index < -0.39 is 0 Å². The predicted molar refractivity (Wildman–Crippen MR) is 95.5 cm³/mol. The molecule has 0 saturated heterocycles. The lowest BCUT2D eigenvalue weighted by atomic mass is 9.95. The Morgan fingerprint density at radius 3 is 2.04 bits per heavy atom. The van der Waals surface area contributed by atoms with E-state index in [1.165, 1.54) is 18.1 Å². The van der Waals surface area contributed by atoms with E-state index in [0.717, 1.165) is 57.7 Å². The Hall–Kier alpha value is -1.90. The second-order valence-corrected chi connectivity index (χ2v) is 5.68. The summed E-state index contributed by atoms with van der Waals surface area (Å²) < 4.78 is 16.3. The highest BCUT2D eigenvalue weighted by Gasteiger charge is 2.09. The number of benzene rings is 1. The molecule has 128 valence electrons. The smallest absolute Gasteiger partial charge is 0.119 e. The maximum atomic E-state index is 5.76. The maximum absolute atomic E-state index is 5.76. The SMILES string of the molecule is C=COCCC(CCCCOc1ccc(C)cc1)CCOC=C. The highest BCUT2D eigenvalue weighted by molar-refractivity contribution is 5.26. The lowest BCUT2D eigenvalue weighted by Gasteiger charge is -2.16. The third-order valence-electron chi connectivity index (χ3n) is 3.82. The highest BCUT2D eigenvalue weighted by atomic mass is 16.5. The molecule has 0 bridgehead atoms. The molecule has 0 unspecified atom stereocenters. The molecule has 0 N–H and O–H groups in total. The first-order valence-electron chi connectivity index (χ1n) is 8.40. The zero-order chi connectivity index (χ0) is 16.8. The van der Waals surface area contributed by atoms with Gasteiger partial charge in [-0.25, -0.2) is 0 Å². The summed E-state index contributed by atoms with van der Waals surface area (Å²) >= 11 is 0. The van der Waals surface area contributed by atoms with E-state index in [1.807, 2.05) is 12.1 Å². The van der Waals surface area contributed by atoms with Gasteiger partial charge in [-0.15, -0.1) is 0 Å². The van der Waals surface area contributed by atoms with Crippen molar-refractivity contribution in [2.45, 2.75) is 39.0 Å². The Morgan fingerprint density at radius 1 is 0.870 bits per heavy atom. The Morgan fingerprint density at radius 2 is 1.48 bits per heavy atom. The van der Waals surface area contributed by atoms with Crippen LogP contribution in [0.3, 0.4) is 0 Å². The fourth-order valence-electron chi connectivity index (χ4n) is 2.43. The van der Waals surface area contributed by atoms with Crippen LogP contribution in [0.2, 0.25) is 0 Å². The van der Waals surface area contributed by atoms with Crippen LogP contribution in [0.1, 0.15) is 37.7 Å². The first-order valence-corrected chi connectivity index (χ1v) is 8.40. The summed E-state index contributed by atoms with van der Waals surface area (Å²) in [5.74, 6) is 1.56. The molecule has 0 spiro atoms. The fraction of sp³-hybridized carbons (Fsp3) is 0.500. The van der Waals surface area contributed by atoms with Gasteiger partial charge in [-0.3, -0.25) is 0 Å². The average molecular weight is 318 g/mol. The van der Waals surface area contributed by atoms with Gasteiger partial charge in [0.25, 0.3) is 0 Å². The van der Waals surface area contributed by atoms with Gasteiger partial charge in [-0.2, -0.15) is 0 Å². The number of hydrogen-bond acceptors (Lipinski definition) is 3. The summed E-state index contributed by atoms with van der Waals surface area (Å²) in [4.78, 5) is 0. The van der Waals surface area contributed by atoms with Crippen LogP contribution < -0.4 is 4.74 Å². The minimum Gasteiger partial charge on any atom is -0.502 e. The summed E-state index contributed by atoms with van der Waals surface area (Å²) in [6, 6.07) is 8.20. The van der Waals surface area contributed by atoms with Gasteiger partial charge in [0.05, 0.1) is 32.3 Å². The van der Waals surface area contributed by atoms with E-state index in [9.17, 15) is 0 Å². The van der Waals surface area contributed by atoms with Gasteiger partial charge in [0.2, 0.25) is 0 Å². The van der Waals surface area contributed by atoms with Crippen LogP contribution in [-0.2, 0) is 9.47 Å². The van der Waals surface area contributed by atoms with Crippen LogP contribution in [0, 0.1) is 12.8 Å². The quantitative estimate of drug-likeness (QED) is 0.346. The van der Waals surface area contributed by atoms with Crippen molar-refractivity contribution in [2.24, 2.45) is 5.92 Å². The van der Waals surface area contributed by atoms with Crippen molar-refractivity contribution in [3.05, 3.63) is 55.5 Å². The van der Waals surface area contributed by atoms with Crippen molar-refractivity contribution in [3.63, 3.8) is 0 Å². The summed E-state index contributed by atoms with van der Waals surface area (Å²) in [5, 5.41) is 0. The molecule has 0 fully saturated rings. The van der Waals surface area contributed by atoms with Gasteiger partial charge < -0.3 is 14.2 Å². The van der Waals surface area contributed by atoms with E-state index in [2.05, 4.69) is 32.2 Å². The summed E-state index contributed by atoms with van der Waals surface area (Å²) in [6.45, 7) is 11.4. The Bertz CT molecular complexity index is 411. The van der Waals surface area contributed by atoms with Crippen molar-refractivity contribution in [1.29, 1.82) is 0 Å². The average Bonchev–Trinajstić information content (AvgIpc) is 2.56. The van der Waals surface area contributed by atoms with Crippen LogP contribution in [-0.4, -0.2) is 19.8 Å². The van der Waals surface area contributed by atoms with Crippen LogP contribution in [0.5, 0.6) is 5.75 Å². The third-order valence-corrected chi connectivity index (χ3v) is 3.82. The number of aryl methyl sites for hydroxylation is 1. The van der Waals surface area contributed by atoms with Crippen molar-refractivity contribution >= 4 is 0 Å². The van der Waals surface area contributed by atoms with Crippen molar-refractivity contribution in [2.75, 3.05) is 19.8 Å². The van der Waals surface area contributed by atoms with E-state index >= 15 is 0 Å². The highest BCUT2D eigenvalue weighted by Crippen LogP contribution is 2.18. The van der Waals surface area contributed by atoms with Gasteiger partial charge in [0.15, 0.2) is 0 Å². The van der Waals surface area contributed by atoms with Crippen molar-refractivity contribution in [1.82, 2.24) is 0 Å². The molecular formula is C20H30O3. The third kappa shape index (κ3) is 9.67. The number of unbranched alkanes of at least 4 members (excludes halogenated alkanes) is 1. The topological polar surface area (TPSA) is 27.7 Å². The van der Waals surface area contributed by atoms with E-state index in [1.54, 1.807) is 0 Å². The van der Waals surface area contributed by atoms with Gasteiger partial charge in [0.1, 0.15) is 5.75 Å². The van der Waals surface area contributed by atoms with Crippen LogP contribution in [0.4, 0.5) is 0 Å². The predicted octanol–water partition coefficient (Wildman–Crippen LogP) is 5.26. The number of ether oxygens (including phenoxy) is 3. The van der Waals surface area contributed by atoms with Gasteiger partial charge in [0, 0.05) is 0 Å². The zero-order valence-electron chi connectivity index (χ0n) is 14.3.